The highest BCUT2D eigenvalue weighted by molar-refractivity contribution is 8.01. The molecule has 5 atom stereocenters. The van der Waals surface area contributed by atoms with Crippen LogP contribution in [0.5, 0.6) is 5.75 Å². The molecular formula is C32H48N2O8SSi2. The van der Waals surface area contributed by atoms with Gasteiger partial charge in [0.2, 0.25) is 0 Å². The second kappa shape index (κ2) is 12.8. The topological polar surface area (TPSA) is 118 Å². The first kappa shape index (κ1) is 34.2. The highest BCUT2D eigenvalue weighted by Gasteiger charge is 2.70. The third-order valence-electron chi connectivity index (χ3n) is 9.85. The standard InChI is InChI=1S/C32H48N2O8SSi2/c1-19(2)44(20(3)4)40-25-11-10-17-32(25)28(41-45(42-44,21(5)6)22(7)8)27(29(43-32)34-18-16-26(35)33-31(34)37)39-30(36)23-12-14-24(38-9)15-13-23/h12-16,18-22,25,27-29H,10-11,17H2,1-9H3,(H,33,35,37)/t25-,27+,28-,29+,32?/m0/s1. The van der Waals surface area contributed by atoms with Crippen molar-refractivity contribution in [3.8, 4) is 5.75 Å². The number of carbonyl (C=O) groups excluding carboxylic acids is 1. The van der Waals surface area contributed by atoms with Crippen molar-refractivity contribution in [1.29, 1.82) is 0 Å². The van der Waals surface area contributed by atoms with Gasteiger partial charge < -0.3 is 22.4 Å². The van der Waals surface area contributed by atoms with Gasteiger partial charge in [0.15, 0.2) is 6.10 Å². The van der Waals surface area contributed by atoms with Crippen LogP contribution < -0.4 is 16.0 Å². The molecule has 1 saturated carbocycles. The zero-order valence-electron chi connectivity index (χ0n) is 27.8. The molecule has 13 heteroatoms. The number of esters is 1. The fourth-order valence-corrected chi connectivity index (χ4v) is 21.0. The largest absolute Gasteiger partial charge is 0.497 e. The second-order valence-corrected chi connectivity index (χ2v) is 24.1. The first-order valence-corrected chi connectivity index (χ1v) is 20.9. The van der Waals surface area contributed by atoms with Gasteiger partial charge in [-0.15, -0.1) is 11.8 Å². The Bertz CT molecular complexity index is 1480. The molecule has 45 heavy (non-hydrogen) atoms. The van der Waals surface area contributed by atoms with E-state index in [0.717, 1.165) is 19.3 Å². The van der Waals surface area contributed by atoms with Crippen molar-refractivity contribution < 1.29 is 27.2 Å². The summed E-state index contributed by atoms with van der Waals surface area (Å²) >= 11 is 1.59. The first-order chi connectivity index (χ1) is 21.2. The zero-order chi connectivity index (χ0) is 32.9. The lowest BCUT2D eigenvalue weighted by Crippen LogP contribution is -2.69. The van der Waals surface area contributed by atoms with Crippen LogP contribution in [0, 0.1) is 0 Å². The summed E-state index contributed by atoms with van der Waals surface area (Å²) in [7, 11) is -4.41. The maximum atomic E-state index is 13.8. The third kappa shape index (κ3) is 5.82. The van der Waals surface area contributed by atoms with Crippen LogP contribution in [0.1, 0.15) is 90.4 Å². The smallest absolute Gasteiger partial charge is 0.338 e. The number of rotatable bonds is 8. The molecular weight excluding hydrogens is 629 g/mol. The minimum Gasteiger partial charge on any atom is -0.497 e. The Morgan fingerprint density at radius 1 is 0.956 bits per heavy atom. The maximum absolute atomic E-state index is 13.8. The summed E-state index contributed by atoms with van der Waals surface area (Å²) in [4.78, 5) is 41.6. The lowest BCUT2D eigenvalue weighted by atomic mass is 9.93. The molecule has 0 bridgehead atoms. The van der Waals surface area contributed by atoms with Crippen LogP contribution in [0.15, 0.2) is 46.1 Å². The molecule has 5 rings (SSSR count). The van der Waals surface area contributed by atoms with E-state index in [1.54, 1.807) is 43.1 Å². The van der Waals surface area contributed by atoms with Crippen molar-refractivity contribution >= 4 is 34.9 Å². The Hall–Kier alpha value is -2.17. The van der Waals surface area contributed by atoms with E-state index in [1.165, 1.54) is 16.8 Å². The SMILES string of the molecule is COc1ccc(C(=O)O[C@H]2[C@H](n3ccc(=O)[nH]c3=O)SC34CCC[C@@H]3O[Si](C(C)C)(C(C)C)O[Si](C(C)C)(C(C)C)O[C@@H]24)cc1. The number of hydrogen-bond donors (Lipinski definition) is 1. The molecule has 3 aliphatic rings. The van der Waals surface area contributed by atoms with Crippen LogP contribution in [-0.4, -0.2) is 62.8 Å². The van der Waals surface area contributed by atoms with Gasteiger partial charge in [0, 0.05) is 12.3 Å². The Balaban J connectivity index is 1.70. The van der Waals surface area contributed by atoms with Crippen LogP contribution in [0.2, 0.25) is 22.2 Å². The van der Waals surface area contributed by atoms with Crippen molar-refractivity contribution in [3.63, 3.8) is 0 Å². The molecule has 0 amide bonds. The molecule has 248 valence electrons. The van der Waals surface area contributed by atoms with Crippen molar-refractivity contribution in [2.75, 3.05) is 7.11 Å². The monoisotopic (exact) mass is 676 g/mol. The van der Waals surface area contributed by atoms with Gasteiger partial charge >= 0.3 is 28.8 Å². The number of nitrogens with zero attached hydrogens (tertiary/aromatic N) is 1. The van der Waals surface area contributed by atoms with Gasteiger partial charge in [-0.1, -0.05) is 55.4 Å². The lowest BCUT2D eigenvalue weighted by Gasteiger charge is -2.55. The first-order valence-electron chi connectivity index (χ1n) is 16.1. The molecule has 10 nitrogen and oxygen atoms in total. The number of ether oxygens (including phenoxy) is 2. The molecule has 0 radical (unpaired) electrons. The number of benzene rings is 1. The van der Waals surface area contributed by atoms with Gasteiger partial charge in [0.05, 0.1) is 23.5 Å². The van der Waals surface area contributed by atoms with Crippen LogP contribution in [0.25, 0.3) is 0 Å². The quantitative estimate of drug-likeness (QED) is 0.255. The van der Waals surface area contributed by atoms with E-state index in [-0.39, 0.29) is 28.3 Å². The average molecular weight is 677 g/mol. The number of thioether (sulfide) groups is 1. The van der Waals surface area contributed by atoms with Gasteiger partial charge in [-0.25, -0.2) is 9.59 Å². The molecule has 1 aromatic heterocycles. The van der Waals surface area contributed by atoms with Crippen molar-refractivity contribution in [1.82, 2.24) is 9.55 Å². The highest BCUT2D eigenvalue weighted by Crippen LogP contribution is 2.63. The van der Waals surface area contributed by atoms with Crippen molar-refractivity contribution in [3.05, 3.63) is 62.9 Å². The van der Waals surface area contributed by atoms with Crippen LogP contribution in [0.3, 0.4) is 0 Å². The molecule has 2 aliphatic heterocycles. The van der Waals surface area contributed by atoms with Crippen LogP contribution in [0.4, 0.5) is 0 Å². The average Bonchev–Trinajstić information content (AvgIpc) is 3.49. The van der Waals surface area contributed by atoms with E-state index in [2.05, 4.69) is 60.4 Å². The van der Waals surface area contributed by atoms with Crippen molar-refractivity contribution in [2.45, 2.75) is 125 Å². The molecule has 3 heterocycles. The predicted octanol–water partition coefficient (Wildman–Crippen LogP) is 6.26. The van der Waals surface area contributed by atoms with E-state index in [0.29, 0.717) is 11.3 Å². The zero-order valence-corrected chi connectivity index (χ0v) is 30.6. The summed E-state index contributed by atoms with van der Waals surface area (Å²) < 4.78 is 35.1. The van der Waals surface area contributed by atoms with Crippen molar-refractivity contribution in [2.24, 2.45) is 0 Å². The molecule has 1 N–H and O–H groups in total. The van der Waals surface area contributed by atoms with E-state index >= 15 is 0 Å². The molecule has 2 saturated heterocycles. The Morgan fingerprint density at radius 2 is 1.56 bits per heavy atom. The fraction of sp³-hybridized carbons (Fsp3) is 0.656. The van der Waals surface area contributed by atoms with Crippen LogP contribution in [-0.2, 0) is 17.7 Å². The second-order valence-electron chi connectivity index (χ2n) is 13.8. The molecule has 2 aromatic rings. The Morgan fingerprint density at radius 3 is 2.11 bits per heavy atom. The summed E-state index contributed by atoms with van der Waals surface area (Å²) in [6.07, 6.45) is 2.29. The van der Waals surface area contributed by atoms with Gasteiger partial charge in [-0.05, 0) is 65.7 Å². The summed E-state index contributed by atoms with van der Waals surface area (Å²) in [5.41, 5.74) is -0.209. The number of H-pyrrole nitrogens is 1. The van der Waals surface area contributed by atoms with Crippen LogP contribution >= 0.6 is 11.8 Å². The summed E-state index contributed by atoms with van der Waals surface area (Å²) in [5, 5.41) is -0.663. The number of methoxy groups -OCH3 is 1. The van der Waals surface area contributed by atoms with E-state index in [9.17, 15) is 14.4 Å². The molecule has 1 spiro atoms. The van der Waals surface area contributed by atoms with E-state index < -0.39 is 56.7 Å². The molecule has 1 unspecified atom stereocenters. The molecule has 1 aliphatic carbocycles. The highest BCUT2D eigenvalue weighted by atomic mass is 32.2. The number of aromatic amines is 1. The lowest BCUT2D eigenvalue weighted by molar-refractivity contribution is -0.0591. The summed E-state index contributed by atoms with van der Waals surface area (Å²) in [6.45, 7) is 17.5. The molecule has 1 aromatic carbocycles. The number of aromatic nitrogens is 2. The van der Waals surface area contributed by atoms with Gasteiger partial charge in [-0.2, -0.15) is 0 Å². The maximum Gasteiger partial charge on any atom is 0.338 e. The summed E-state index contributed by atoms with van der Waals surface area (Å²) in [5.74, 6) is 0.0953. The predicted molar refractivity (Wildman–Crippen MR) is 179 cm³/mol. The van der Waals surface area contributed by atoms with E-state index in [4.69, 9.17) is 22.4 Å². The number of carbonyl (C=O) groups is 1. The van der Waals surface area contributed by atoms with Gasteiger partial charge in [-0.3, -0.25) is 14.3 Å². The molecule has 3 fully saturated rings. The van der Waals surface area contributed by atoms with Gasteiger partial charge in [0.25, 0.3) is 5.56 Å². The minimum atomic E-state index is -3.10. The minimum absolute atomic E-state index is 0.0678. The third-order valence-corrected chi connectivity index (χ3v) is 22.0. The van der Waals surface area contributed by atoms with E-state index in [1.807, 2.05) is 0 Å². The summed E-state index contributed by atoms with van der Waals surface area (Å²) in [6, 6.07) is 8.08. The normalized spacial score (nSPS) is 29.0. The number of nitrogens with one attached hydrogen (secondary N) is 1. The number of hydrogen-bond acceptors (Lipinski definition) is 9. The Labute approximate surface area is 272 Å². The Kier molecular flexibility index (Phi) is 9.72. The fourth-order valence-electron chi connectivity index (χ4n) is 7.49. The van der Waals surface area contributed by atoms with Gasteiger partial charge in [0.1, 0.15) is 17.2 Å².